The van der Waals surface area contributed by atoms with E-state index in [-0.39, 0.29) is 19.1 Å². The molecule has 0 unspecified atom stereocenters. The van der Waals surface area contributed by atoms with Crippen molar-refractivity contribution in [2.45, 2.75) is 52.0 Å². The first-order chi connectivity index (χ1) is 12.5. The number of amides is 1. The molecule has 0 spiro atoms. The lowest BCUT2D eigenvalue weighted by Crippen LogP contribution is -2.57. The van der Waals surface area contributed by atoms with Crippen LogP contribution in [0, 0.1) is 0 Å². The topological polar surface area (TPSA) is 118 Å². The predicted octanol–water partition coefficient (Wildman–Crippen LogP) is -0.0788. The van der Waals surface area contributed by atoms with Crippen LogP contribution >= 0.6 is 0 Å². The first kappa shape index (κ1) is 24.8. The molecular weight excluding hydrogens is 362 g/mol. The molecule has 0 bridgehead atoms. The van der Waals surface area contributed by atoms with E-state index < -0.39 is 42.3 Å². The number of carbonyl (C=O) groups excluding carboxylic acids is 4. The number of hydrogen-bond acceptors (Lipinski definition) is 9. The molecule has 4 atom stereocenters. The molecule has 0 aromatic heterocycles. The second kappa shape index (κ2) is 12.2. The Labute approximate surface area is 159 Å². The van der Waals surface area contributed by atoms with Gasteiger partial charge in [0.2, 0.25) is 5.91 Å². The van der Waals surface area contributed by atoms with Crippen LogP contribution in [0.25, 0.3) is 0 Å². The van der Waals surface area contributed by atoms with E-state index in [0.717, 1.165) is 0 Å². The zero-order valence-electron chi connectivity index (χ0n) is 16.8. The number of rotatable bonds is 11. The zero-order chi connectivity index (χ0) is 21.1. The fourth-order valence-corrected chi connectivity index (χ4v) is 2.49. The Hall–Kier alpha value is -2.20. The summed E-state index contributed by atoms with van der Waals surface area (Å²) in [4.78, 5) is 47.5. The van der Waals surface area contributed by atoms with E-state index in [4.69, 9.17) is 23.7 Å². The third-order valence-electron chi connectivity index (χ3n) is 3.74. The molecule has 0 aliphatic carbocycles. The minimum absolute atomic E-state index is 0.0819. The second-order valence-electron chi connectivity index (χ2n) is 5.88. The number of likely N-dealkylation sites (N-methyl/N-ethyl adjacent to an activating group) is 1. The molecule has 0 heterocycles. The van der Waals surface area contributed by atoms with Crippen molar-refractivity contribution in [1.82, 2.24) is 4.90 Å². The lowest BCUT2D eigenvalue weighted by atomic mass is 9.99. The van der Waals surface area contributed by atoms with Crippen LogP contribution in [0.15, 0.2) is 0 Å². The Morgan fingerprint density at radius 2 is 1.37 bits per heavy atom. The Kier molecular flexibility index (Phi) is 11.2. The third kappa shape index (κ3) is 8.83. The quantitative estimate of drug-likeness (QED) is 0.352. The van der Waals surface area contributed by atoms with E-state index >= 15 is 0 Å². The molecule has 0 aromatic carbocycles. The summed E-state index contributed by atoms with van der Waals surface area (Å²) in [7, 11) is 4.22. The number of hydrogen-bond donors (Lipinski definition) is 0. The molecule has 10 nitrogen and oxygen atoms in total. The van der Waals surface area contributed by atoms with Crippen LogP contribution in [0.4, 0.5) is 0 Å². The van der Waals surface area contributed by atoms with Gasteiger partial charge in [-0.2, -0.15) is 0 Å². The van der Waals surface area contributed by atoms with Gasteiger partial charge in [0.05, 0.1) is 12.6 Å². The van der Waals surface area contributed by atoms with Crippen LogP contribution in [0.3, 0.4) is 0 Å². The summed E-state index contributed by atoms with van der Waals surface area (Å²) in [6, 6.07) is -0.810. The molecule has 0 radical (unpaired) electrons. The van der Waals surface area contributed by atoms with Gasteiger partial charge < -0.3 is 28.6 Å². The van der Waals surface area contributed by atoms with Gasteiger partial charge >= 0.3 is 17.9 Å². The lowest BCUT2D eigenvalue weighted by molar-refractivity contribution is -0.189. The highest BCUT2D eigenvalue weighted by atomic mass is 16.6. The van der Waals surface area contributed by atoms with E-state index in [9.17, 15) is 19.2 Å². The normalized spacial score (nSPS) is 15.1. The maximum Gasteiger partial charge on any atom is 0.303 e. The number of ether oxygens (including phenoxy) is 5. The van der Waals surface area contributed by atoms with Crippen molar-refractivity contribution in [3.8, 4) is 0 Å². The van der Waals surface area contributed by atoms with Crippen molar-refractivity contribution in [2.24, 2.45) is 0 Å². The maximum absolute atomic E-state index is 11.9. The molecule has 0 aliphatic rings. The first-order valence-corrected chi connectivity index (χ1v) is 8.28. The standard InChI is InChI=1S/C17H29NO9/c1-10(19)18(5)14(8-25-11(2)20)16(24-7)17(27-13(4)22)15(9-23-6)26-12(3)21/h14-17H,8-9H2,1-7H3/t14-,15-,16+,17-/m0/s1. The van der Waals surface area contributed by atoms with Gasteiger partial charge in [0, 0.05) is 49.0 Å². The van der Waals surface area contributed by atoms with Crippen LogP contribution in [0.2, 0.25) is 0 Å². The molecule has 0 N–H and O–H groups in total. The van der Waals surface area contributed by atoms with E-state index in [1.54, 1.807) is 0 Å². The Balaban J connectivity index is 5.94. The molecule has 0 aliphatic heterocycles. The van der Waals surface area contributed by atoms with Gasteiger partial charge in [0.25, 0.3) is 0 Å². The van der Waals surface area contributed by atoms with Gasteiger partial charge in [-0.25, -0.2) is 0 Å². The summed E-state index contributed by atoms with van der Waals surface area (Å²) in [6.07, 6.45) is -3.08. The van der Waals surface area contributed by atoms with Crippen molar-refractivity contribution >= 4 is 23.8 Å². The largest absolute Gasteiger partial charge is 0.464 e. The highest BCUT2D eigenvalue weighted by Gasteiger charge is 2.42. The average molecular weight is 391 g/mol. The van der Waals surface area contributed by atoms with Crippen LogP contribution in [-0.4, -0.2) is 87.5 Å². The zero-order valence-corrected chi connectivity index (χ0v) is 16.8. The SMILES string of the molecule is COC[C@H](OC(C)=O)[C@H](OC(C)=O)[C@H](OC)[C@H](COC(C)=O)N(C)C(C)=O. The second-order valence-corrected chi connectivity index (χ2v) is 5.88. The van der Waals surface area contributed by atoms with Gasteiger partial charge in [-0.1, -0.05) is 0 Å². The van der Waals surface area contributed by atoms with Crippen molar-refractivity contribution in [2.75, 3.05) is 34.5 Å². The van der Waals surface area contributed by atoms with Crippen LogP contribution < -0.4 is 0 Å². The lowest BCUT2D eigenvalue weighted by Gasteiger charge is -2.38. The summed E-state index contributed by atoms with van der Waals surface area (Å²) in [5.74, 6) is -2.14. The molecule has 0 saturated carbocycles. The summed E-state index contributed by atoms with van der Waals surface area (Å²) < 4.78 is 26.1. The summed E-state index contributed by atoms with van der Waals surface area (Å²) >= 11 is 0. The highest BCUT2D eigenvalue weighted by molar-refractivity contribution is 5.73. The molecule has 1 amide bonds. The fraction of sp³-hybridized carbons (Fsp3) is 0.765. The number of carbonyl (C=O) groups is 4. The maximum atomic E-state index is 11.9. The van der Waals surface area contributed by atoms with E-state index in [0.29, 0.717) is 0 Å². The number of methoxy groups -OCH3 is 2. The Bertz CT molecular complexity index is 523. The van der Waals surface area contributed by atoms with Crippen molar-refractivity contribution < 1.29 is 42.9 Å². The highest BCUT2D eigenvalue weighted by Crippen LogP contribution is 2.20. The van der Waals surface area contributed by atoms with Gasteiger partial charge in [0.15, 0.2) is 12.2 Å². The van der Waals surface area contributed by atoms with Gasteiger partial charge in [-0.15, -0.1) is 0 Å². The van der Waals surface area contributed by atoms with Crippen LogP contribution in [0.5, 0.6) is 0 Å². The van der Waals surface area contributed by atoms with Crippen molar-refractivity contribution in [1.29, 1.82) is 0 Å². The summed E-state index contributed by atoms with van der Waals surface area (Å²) in [5, 5.41) is 0. The summed E-state index contributed by atoms with van der Waals surface area (Å²) in [5.41, 5.74) is 0. The van der Waals surface area contributed by atoms with Gasteiger partial charge in [-0.3, -0.25) is 19.2 Å². The molecule has 0 rings (SSSR count). The molecule has 10 heteroatoms. The fourth-order valence-electron chi connectivity index (χ4n) is 2.49. The average Bonchev–Trinajstić information content (AvgIpc) is 2.55. The van der Waals surface area contributed by atoms with Crippen LogP contribution in [0.1, 0.15) is 27.7 Å². The van der Waals surface area contributed by atoms with Gasteiger partial charge in [0.1, 0.15) is 12.7 Å². The minimum Gasteiger partial charge on any atom is -0.464 e. The Morgan fingerprint density at radius 3 is 1.74 bits per heavy atom. The third-order valence-corrected chi connectivity index (χ3v) is 3.74. The van der Waals surface area contributed by atoms with Crippen molar-refractivity contribution in [3.63, 3.8) is 0 Å². The summed E-state index contributed by atoms with van der Waals surface area (Å²) in [6.45, 7) is 4.65. The van der Waals surface area contributed by atoms with Crippen LogP contribution in [-0.2, 0) is 42.9 Å². The molecule has 27 heavy (non-hydrogen) atoms. The minimum atomic E-state index is -1.11. The predicted molar refractivity (Wildman–Crippen MR) is 92.6 cm³/mol. The number of esters is 3. The van der Waals surface area contributed by atoms with E-state index in [1.165, 1.54) is 53.9 Å². The molecule has 0 aromatic rings. The smallest absolute Gasteiger partial charge is 0.303 e. The first-order valence-electron chi connectivity index (χ1n) is 8.28. The van der Waals surface area contributed by atoms with E-state index in [1.807, 2.05) is 0 Å². The van der Waals surface area contributed by atoms with Crippen molar-refractivity contribution in [3.05, 3.63) is 0 Å². The van der Waals surface area contributed by atoms with Gasteiger partial charge in [-0.05, 0) is 0 Å². The molecule has 156 valence electrons. The Morgan fingerprint density at radius 1 is 0.815 bits per heavy atom. The monoisotopic (exact) mass is 391 g/mol. The molecule has 0 fully saturated rings. The molecular formula is C17H29NO9. The molecule has 0 saturated heterocycles. The van der Waals surface area contributed by atoms with E-state index in [2.05, 4.69) is 0 Å². The number of nitrogens with zero attached hydrogens (tertiary/aromatic N) is 1.